The van der Waals surface area contributed by atoms with Crippen LogP contribution >= 0.6 is 11.8 Å². The second-order valence-corrected chi connectivity index (χ2v) is 10.5. The quantitative estimate of drug-likeness (QED) is 0.366. The first-order valence-corrected chi connectivity index (χ1v) is 13.2. The van der Waals surface area contributed by atoms with E-state index in [2.05, 4.69) is 9.55 Å². The normalized spacial score (nSPS) is 15.3. The Morgan fingerprint density at radius 3 is 2.64 bits per heavy atom. The van der Waals surface area contributed by atoms with E-state index in [1.165, 1.54) is 16.1 Å². The van der Waals surface area contributed by atoms with Gasteiger partial charge in [-0.2, -0.15) is 4.31 Å². The number of oxazole rings is 1. The number of sulfonamides is 1. The van der Waals surface area contributed by atoms with Crippen molar-refractivity contribution in [3.05, 3.63) is 60.6 Å². The fourth-order valence-electron chi connectivity index (χ4n) is 3.84. The van der Waals surface area contributed by atoms with Crippen molar-refractivity contribution in [2.75, 3.05) is 26.3 Å². The predicted molar refractivity (Wildman–Crippen MR) is 126 cm³/mol. The summed E-state index contributed by atoms with van der Waals surface area (Å²) < 4.78 is 40.8. The maximum absolute atomic E-state index is 13.0. The van der Waals surface area contributed by atoms with E-state index in [0.717, 1.165) is 28.5 Å². The molecule has 0 amide bonds. The van der Waals surface area contributed by atoms with Crippen molar-refractivity contribution in [3.63, 3.8) is 0 Å². The molecule has 4 aromatic rings. The van der Waals surface area contributed by atoms with Crippen LogP contribution in [-0.4, -0.2) is 53.6 Å². The van der Waals surface area contributed by atoms with Crippen molar-refractivity contribution >= 4 is 32.8 Å². The van der Waals surface area contributed by atoms with E-state index in [9.17, 15) is 8.42 Å². The summed E-state index contributed by atoms with van der Waals surface area (Å²) in [5.74, 6) is 1.87. The van der Waals surface area contributed by atoms with Crippen molar-refractivity contribution in [2.45, 2.75) is 29.3 Å². The first-order valence-electron chi connectivity index (χ1n) is 10.8. The Balaban J connectivity index is 1.38. The van der Waals surface area contributed by atoms with Gasteiger partial charge in [0.05, 0.1) is 41.1 Å². The minimum absolute atomic E-state index is 0.259. The summed E-state index contributed by atoms with van der Waals surface area (Å²) in [6, 6.07) is 15.0. The van der Waals surface area contributed by atoms with Crippen molar-refractivity contribution in [1.82, 2.24) is 18.8 Å². The van der Waals surface area contributed by atoms with Crippen LogP contribution in [-0.2, 0) is 27.1 Å². The second kappa shape index (κ2) is 9.30. The zero-order valence-corrected chi connectivity index (χ0v) is 19.8. The molecule has 0 radical (unpaired) electrons. The molecule has 3 heterocycles. The zero-order chi connectivity index (χ0) is 22.8. The SMILES string of the molecule is CCn1c(SCc2ncc(-c3ccccc3)o2)nc2cc(S(=O)(=O)N3CCOCC3)ccc21. The van der Waals surface area contributed by atoms with Crippen LogP contribution in [0.4, 0.5) is 0 Å². The Kier molecular flexibility index (Phi) is 6.24. The Hall–Kier alpha value is -2.66. The number of aryl methyl sites for hydroxylation is 1. The highest BCUT2D eigenvalue weighted by molar-refractivity contribution is 7.98. The van der Waals surface area contributed by atoms with Crippen LogP contribution in [0, 0.1) is 0 Å². The lowest BCUT2D eigenvalue weighted by Gasteiger charge is -2.26. The highest BCUT2D eigenvalue weighted by Gasteiger charge is 2.27. The van der Waals surface area contributed by atoms with Crippen LogP contribution in [0.25, 0.3) is 22.4 Å². The van der Waals surface area contributed by atoms with Gasteiger partial charge in [-0.15, -0.1) is 0 Å². The summed E-state index contributed by atoms with van der Waals surface area (Å²) in [7, 11) is -3.57. The summed E-state index contributed by atoms with van der Waals surface area (Å²) in [5.41, 5.74) is 2.54. The maximum atomic E-state index is 13.0. The fraction of sp³-hybridized carbons (Fsp3) is 0.304. The number of hydrogen-bond donors (Lipinski definition) is 0. The number of rotatable bonds is 7. The van der Waals surface area contributed by atoms with Gasteiger partial charge in [0.1, 0.15) is 0 Å². The van der Waals surface area contributed by atoms with Gasteiger partial charge in [0.15, 0.2) is 10.9 Å². The Morgan fingerprint density at radius 2 is 1.88 bits per heavy atom. The van der Waals surface area contributed by atoms with Crippen molar-refractivity contribution in [3.8, 4) is 11.3 Å². The van der Waals surface area contributed by atoms with Gasteiger partial charge in [0, 0.05) is 25.2 Å². The van der Waals surface area contributed by atoms with E-state index < -0.39 is 10.0 Å². The summed E-state index contributed by atoms with van der Waals surface area (Å²) in [5, 5.41) is 0.799. The average molecular weight is 485 g/mol. The number of thioether (sulfide) groups is 1. The number of nitrogens with zero attached hydrogens (tertiary/aromatic N) is 4. The third kappa shape index (κ3) is 4.43. The van der Waals surface area contributed by atoms with Gasteiger partial charge in [-0.1, -0.05) is 42.1 Å². The number of fused-ring (bicyclic) bond motifs is 1. The van der Waals surface area contributed by atoms with Crippen LogP contribution in [0.3, 0.4) is 0 Å². The lowest BCUT2D eigenvalue weighted by Crippen LogP contribution is -2.40. The summed E-state index contributed by atoms with van der Waals surface area (Å²) >= 11 is 1.52. The number of hydrogen-bond acceptors (Lipinski definition) is 7. The Labute approximate surface area is 196 Å². The molecule has 0 bridgehead atoms. The molecule has 10 heteroatoms. The Morgan fingerprint density at radius 1 is 1.09 bits per heavy atom. The molecule has 33 heavy (non-hydrogen) atoms. The largest absolute Gasteiger partial charge is 0.440 e. The molecule has 5 rings (SSSR count). The van der Waals surface area contributed by atoms with Crippen LogP contribution in [0.15, 0.2) is 69.2 Å². The van der Waals surface area contributed by atoms with Crippen LogP contribution < -0.4 is 0 Å². The standard InChI is InChI=1S/C23H24N4O4S2/c1-2-27-20-9-8-18(33(28,29)26-10-12-30-13-11-26)14-19(20)25-23(27)32-16-22-24-15-21(31-22)17-6-4-3-5-7-17/h3-9,14-15H,2,10-13,16H2,1H3. The van der Waals surface area contributed by atoms with Crippen molar-refractivity contribution in [2.24, 2.45) is 0 Å². The first kappa shape index (κ1) is 22.1. The van der Waals surface area contributed by atoms with E-state index in [0.29, 0.717) is 43.5 Å². The van der Waals surface area contributed by atoms with Gasteiger partial charge < -0.3 is 13.7 Å². The molecule has 1 aliphatic heterocycles. The van der Waals surface area contributed by atoms with E-state index in [1.54, 1.807) is 18.3 Å². The molecule has 1 fully saturated rings. The lowest BCUT2D eigenvalue weighted by atomic mass is 10.2. The van der Waals surface area contributed by atoms with E-state index in [1.807, 2.05) is 43.3 Å². The topological polar surface area (TPSA) is 90.5 Å². The predicted octanol–water partition coefficient (Wildman–Crippen LogP) is 4.02. The fourth-order valence-corrected chi connectivity index (χ4v) is 6.20. The summed E-state index contributed by atoms with van der Waals surface area (Å²) in [6.45, 7) is 4.33. The number of morpholine rings is 1. The molecule has 0 N–H and O–H groups in total. The summed E-state index contributed by atoms with van der Waals surface area (Å²) in [4.78, 5) is 9.39. The van der Waals surface area contributed by atoms with E-state index in [-0.39, 0.29) is 4.90 Å². The maximum Gasteiger partial charge on any atom is 0.243 e. The number of imidazole rings is 1. The van der Waals surface area contributed by atoms with Crippen molar-refractivity contribution < 1.29 is 17.6 Å². The average Bonchev–Trinajstić information content (AvgIpc) is 3.47. The van der Waals surface area contributed by atoms with Crippen LogP contribution in [0.2, 0.25) is 0 Å². The minimum atomic E-state index is -3.57. The van der Waals surface area contributed by atoms with Gasteiger partial charge in [-0.3, -0.25) is 0 Å². The minimum Gasteiger partial charge on any atom is -0.440 e. The molecule has 1 aliphatic rings. The van der Waals surface area contributed by atoms with Gasteiger partial charge in [-0.25, -0.2) is 18.4 Å². The molecule has 2 aromatic carbocycles. The van der Waals surface area contributed by atoms with Gasteiger partial charge in [0.2, 0.25) is 15.9 Å². The second-order valence-electron chi connectivity index (χ2n) is 7.58. The smallest absolute Gasteiger partial charge is 0.243 e. The molecular formula is C23H24N4O4S2. The lowest BCUT2D eigenvalue weighted by molar-refractivity contribution is 0.0730. The molecule has 0 saturated carbocycles. The molecule has 1 saturated heterocycles. The number of ether oxygens (including phenoxy) is 1. The molecule has 0 unspecified atom stereocenters. The van der Waals surface area contributed by atoms with Gasteiger partial charge in [0.25, 0.3) is 0 Å². The summed E-state index contributed by atoms with van der Waals surface area (Å²) in [6.07, 6.45) is 1.73. The van der Waals surface area contributed by atoms with Crippen LogP contribution in [0.1, 0.15) is 12.8 Å². The van der Waals surface area contributed by atoms with Crippen LogP contribution in [0.5, 0.6) is 0 Å². The number of benzene rings is 2. The monoisotopic (exact) mass is 484 g/mol. The molecule has 8 nitrogen and oxygen atoms in total. The molecule has 0 aliphatic carbocycles. The third-order valence-electron chi connectivity index (χ3n) is 5.55. The van der Waals surface area contributed by atoms with Gasteiger partial charge in [-0.05, 0) is 25.1 Å². The highest BCUT2D eigenvalue weighted by atomic mass is 32.2. The van der Waals surface area contributed by atoms with E-state index >= 15 is 0 Å². The molecule has 0 spiro atoms. The molecular weight excluding hydrogens is 460 g/mol. The highest BCUT2D eigenvalue weighted by Crippen LogP contribution is 2.30. The molecule has 0 atom stereocenters. The number of aromatic nitrogens is 3. The van der Waals surface area contributed by atoms with E-state index in [4.69, 9.17) is 14.1 Å². The molecule has 172 valence electrons. The van der Waals surface area contributed by atoms with Crippen molar-refractivity contribution in [1.29, 1.82) is 0 Å². The first-order chi connectivity index (χ1) is 16.1. The third-order valence-corrected chi connectivity index (χ3v) is 8.40. The van der Waals surface area contributed by atoms with Gasteiger partial charge >= 0.3 is 0 Å². The Bertz CT molecular complexity index is 1360. The molecule has 2 aromatic heterocycles. The zero-order valence-electron chi connectivity index (χ0n) is 18.2.